The average Bonchev–Trinajstić information content (AvgIpc) is 3.21. The van der Waals surface area contributed by atoms with Gasteiger partial charge in [0, 0.05) is 82.1 Å². The second-order valence-corrected chi connectivity index (χ2v) is 89.1. The lowest BCUT2D eigenvalue weighted by molar-refractivity contribution is 0.121. The van der Waals surface area contributed by atoms with E-state index in [0.717, 1.165) is 18.5 Å². The van der Waals surface area contributed by atoms with E-state index in [0.29, 0.717) is 36.3 Å². The van der Waals surface area contributed by atoms with Crippen LogP contribution < -0.4 is 0 Å². The van der Waals surface area contributed by atoms with Crippen LogP contribution in [0.3, 0.4) is 0 Å². The van der Waals surface area contributed by atoms with Crippen molar-refractivity contribution < 1.29 is 85.1 Å². The molecular formula is C43H120O20Si16. The molecular weight excluding hydrogens is 1290 g/mol. The molecule has 0 saturated heterocycles. The summed E-state index contributed by atoms with van der Waals surface area (Å²) in [5, 5.41) is 0. The Bertz CT molecular complexity index is 1610. The molecule has 0 spiro atoms. The lowest BCUT2D eigenvalue weighted by atomic mass is 10.6. The summed E-state index contributed by atoms with van der Waals surface area (Å²) in [4.78, 5) is 0. The summed E-state index contributed by atoms with van der Waals surface area (Å²) in [5.74, 6) is 0. The molecule has 20 nitrogen and oxygen atoms in total. The Morgan fingerprint density at radius 2 is 0.380 bits per heavy atom. The normalized spacial score (nSPS) is 15.4. The van der Waals surface area contributed by atoms with Gasteiger partial charge in [-0.1, -0.05) is 6.42 Å². The summed E-state index contributed by atoms with van der Waals surface area (Å²) >= 11 is 0. The number of rotatable bonds is 44. The van der Waals surface area contributed by atoms with Gasteiger partial charge in [-0.2, -0.15) is 0 Å². The molecule has 0 amide bonds. The molecule has 0 aliphatic carbocycles. The lowest BCUT2D eigenvalue weighted by Crippen LogP contribution is -2.67. The van der Waals surface area contributed by atoms with Gasteiger partial charge in [-0.3, -0.25) is 0 Å². The Morgan fingerprint density at radius 3 is 0.608 bits per heavy atom. The minimum atomic E-state index is -4.09. The maximum atomic E-state index is 7.70. The summed E-state index contributed by atoms with van der Waals surface area (Å²) in [7, 11) is -30.5. The van der Waals surface area contributed by atoms with Gasteiger partial charge in [-0.05, 0) is 194 Å². The van der Waals surface area contributed by atoms with Crippen LogP contribution in [0, 0.1) is 0 Å². The largest absolute Gasteiger partial charge is 0.638 e. The molecule has 0 bridgehead atoms. The van der Waals surface area contributed by atoms with Gasteiger partial charge < -0.3 is 85.1 Å². The highest BCUT2D eigenvalue weighted by Gasteiger charge is 2.61. The minimum absolute atomic E-state index is 0.551. The summed E-state index contributed by atoms with van der Waals surface area (Å²) in [6.45, 7) is 54.1. The van der Waals surface area contributed by atoms with E-state index >= 15 is 0 Å². The second kappa shape index (κ2) is 31.4. The zero-order chi connectivity index (χ0) is 62.5. The highest BCUT2D eigenvalue weighted by atomic mass is 28.6. The summed E-state index contributed by atoms with van der Waals surface area (Å²) < 4.78 is 133. The molecule has 0 aromatic heterocycles. The number of hydrogen-bond acceptors (Lipinski definition) is 20. The SMILES string of the molecule is CO[Si](CC[Si](C)(C)O[Si](O[Si](C)(C)CCC[Si](C)(C)O[Si](C)(C)O[Si](C)(C)O[Si](C)(C)O[Si](O[Si](C)(C)C)(O[Si](C)(C)C)O[Si](C)(C)C)(O[Si](C)(C)CC[Si](OC)(OC)OC)O[Si](C)(C)CC[Si](OC)(OC)OC)(OC)OC. The summed E-state index contributed by atoms with van der Waals surface area (Å²) in [6, 6.07) is 5.30. The molecule has 0 aromatic carbocycles. The predicted molar refractivity (Wildman–Crippen MR) is 357 cm³/mol. The summed E-state index contributed by atoms with van der Waals surface area (Å²) in [6.07, 6.45) is 0.871. The van der Waals surface area contributed by atoms with Crippen molar-refractivity contribution in [2.75, 3.05) is 64.0 Å². The van der Waals surface area contributed by atoms with E-state index in [1.807, 2.05) is 0 Å². The third-order valence-electron chi connectivity index (χ3n) is 12.2. The van der Waals surface area contributed by atoms with Crippen molar-refractivity contribution in [1.82, 2.24) is 0 Å². The molecule has 0 saturated carbocycles. The van der Waals surface area contributed by atoms with Gasteiger partial charge in [-0.15, -0.1) is 0 Å². The maximum Gasteiger partial charge on any atom is 0.638 e. The van der Waals surface area contributed by atoms with Crippen molar-refractivity contribution in [3.8, 4) is 0 Å². The number of hydrogen-bond donors (Lipinski definition) is 0. The third-order valence-corrected chi connectivity index (χ3v) is 67.6. The topological polar surface area (TPSA) is 185 Å². The fraction of sp³-hybridized carbons (Fsp3) is 1.00. The van der Waals surface area contributed by atoms with Gasteiger partial charge in [0.1, 0.15) is 0 Å². The molecule has 0 fully saturated rings. The third kappa shape index (κ3) is 32.1. The standard InChI is InChI=1S/C43H120O20Si16/c1-44-75(45-2,46-3)41-38-69(23,24)58-79(59-70(25,26)39-42-76(47-4,48-5)49-6,60-71(27,28)40-43-77(50-7,51-8)52-9)57-68(21,22)37-35-36-67(19,20)56-72(29,30)61-73(31,32)62-74(33,34)63-78(53-64(10,11)12,54-65(13,14)15)55-66(16,17)18/h35-43H2,1-34H3. The first kappa shape index (κ1) is 81.7. The van der Waals surface area contributed by atoms with Crippen LogP contribution in [0.15, 0.2) is 0 Å². The predicted octanol–water partition coefficient (Wildman–Crippen LogP) is 12.7. The quantitative estimate of drug-likeness (QED) is 0.0524. The van der Waals surface area contributed by atoms with Crippen molar-refractivity contribution in [1.29, 1.82) is 0 Å². The van der Waals surface area contributed by atoms with Gasteiger partial charge in [0.25, 0.3) is 0 Å². The van der Waals surface area contributed by atoms with Gasteiger partial charge in [0.15, 0.2) is 66.5 Å². The highest BCUT2D eigenvalue weighted by molar-refractivity contribution is 6.95. The van der Waals surface area contributed by atoms with Crippen LogP contribution in [0.5, 0.6) is 0 Å². The zero-order valence-corrected chi connectivity index (χ0v) is 72.5. The van der Waals surface area contributed by atoms with Crippen molar-refractivity contribution in [3.63, 3.8) is 0 Å². The molecule has 36 heteroatoms. The fourth-order valence-electron chi connectivity index (χ4n) is 9.17. The lowest BCUT2D eigenvalue weighted by Gasteiger charge is -2.47. The van der Waals surface area contributed by atoms with E-state index in [2.05, 4.69) is 164 Å². The molecule has 0 heterocycles. The maximum absolute atomic E-state index is 7.70. The van der Waals surface area contributed by atoms with Crippen LogP contribution in [0.1, 0.15) is 6.42 Å². The van der Waals surface area contributed by atoms with Crippen molar-refractivity contribution >= 4 is 137 Å². The van der Waals surface area contributed by atoms with E-state index < -0.39 is 137 Å². The first-order valence-electron chi connectivity index (χ1n) is 27.8. The monoisotopic (exact) mass is 1400 g/mol. The molecule has 0 aromatic rings. The Hall–Kier alpha value is 2.67. The van der Waals surface area contributed by atoms with Crippen LogP contribution in [-0.4, -0.2) is 201 Å². The zero-order valence-electron chi connectivity index (χ0n) is 56.5. The van der Waals surface area contributed by atoms with E-state index in [4.69, 9.17) is 85.1 Å². The molecule has 79 heavy (non-hydrogen) atoms. The van der Waals surface area contributed by atoms with E-state index in [9.17, 15) is 0 Å². The van der Waals surface area contributed by atoms with Crippen molar-refractivity contribution in [2.45, 2.75) is 218 Å². The van der Waals surface area contributed by atoms with Crippen LogP contribution in [-0.2, 0) is 85.1 Å². The molecule has 476 valence electrons. The highest BCUT2D eigenvalue weighted by Crippen LogP contribution is 2.39. The van der Waals surface area contributed by atoms with Crippen LogP contribution >= 0.6 is 0 Å². The smallest absolute Gasteiger partial charge is 0.436 e. The molecule has 0 unspecified atom stereocenters. The molecule has 0 atom stereocenters. The molecule has 0 aliphatic heterocycles. The Morgan fingerprint density at radius 1 is 0.190 bits per heavy atom. The first-order chi connectivity index (χ1) is 35.2. The molecule has 0 radical (unpaired) electrons. The van der Waals surface area contributed by atoms with Gasteiger partial charge >= 0.3 is 70.2 Å². The van der Waals surface area contributed by atoms with E-state index in [1.54, 1.807) is 64.0 Å². The molecule has 0 aliphatic rings. The van der Waals surface area contributed by atoms with Crippen molar-refractivity contribution in [3.05, 3.63) is 0 Å². The molecule has 0 rings (SSSR count). The van der Waals surface area contributed by atoms with Crippen molar-refractivity contribution in [2.24, 2.45) is 0 Å². The van der Waals surface area contributed by atoms with Crippen LogP contribution in [0.25, 0.3) is 0 Å². The van der Waals surface area contributed by atoms with Gasteiger partial charge in [-0.25, -0.2) is 0 Å². The Labute approximate surface area is 500 Å². The Balaban J connectivity index is 7.26. The second-order valence-electron chi connectivity index (χ2n) is 27.7. The average molecular weight is 1410 g/mol. The van der Waals surface area contributed by atoms with Crippen LogP contribution in [0.2, 0.25) is 212 Å². The van der Waals surface area contributed by atoms with Gasteiger partial charge in [0.2, 0.25) is 0 Å². The van der Waals surface area contributed by atoms with E-state index in [1.165, 1.54) is 0 Å². The fourth-order valence-corrected chi connectivity index (χ4v) is 73.0. The minimum Gasteiger partial charge on any atom is -0.436 e. The van der Waals surface area contributed by atoms with E-state index in [-0.39, 0.29) is 0 Å². The first-order valence-corrected chi connectivity index (χ1v) is 71.1. The summed E-state index contributed by atoms with van der Waals surface area (Å²) in [5.41, 5.74) is 0. The Kier molecular flexibility index (Phi) is 32.5. The van der Waals surface area contributed by atoms with Gasteiger partial charge in [0.05, 0.1) is 0 Å². The molecule has 0 N–H and O–H groups in total. The van der Waals surface area contributed by atoms with Crippen LogP contribution in [0.4, 0.5) is 0 Å².